The van der Waals surface area contributed by atoms with Gasteiger partial charge in [-0.2, -0.15) is 0 Å². The molecule has 0 atom stereocenters. The summed E-state index contributed by atoms with van der Waals surface area (Å²) in [6, 6.07) is 1.71. The quantitative estimate of drug-likeness (QED) is 0.844. The predicted molar refractivity (Wildman–Crippen MR) is 60.6 cm³/mol. The van der Waals surface area contributed by atoms with E-state index in [0.717, 1.165) is 5.82 Å². The Morgan fingerprint density at radius 2 is 2.56 bits per heavy atom. The Bertz CT molecular complexity index is 464. The van der Waals surface area contributed by atoms with E-state index in [1.165, 1.54) is 11.3 Å². The highest BCUT2D eigenvalue weighted by molar-refractivity contribution is 7.12. The lowest BCUT2D eigenvalue weighted by Gasteiger charge is -2.00. The first kappa shape index (κ1) is 10.7. The molecule has 0 radical (unpaired) electrons. The normalized spacial score (nSPS) is 10.1. The smallest absolute Gasteiger partial charge is 0.261 e. The van der Waals surface area contributed by atoms with Gasteiger partial charge in [-0.15, -0.1) is 11.3 Å². The Kier molecular flexibility index (Phi) is 3.21. The summed E-state index contributed by atoms with van der Waals surface area (Å²) in [7, 11) is 1.58. The maximum absolute atomic E-state index is 11.7. The number of carbonyl (C=O) groups excluding carboxylic acids is 1. The number of ether oxygens (including phenoxy) is 1. The van der Waals surface area contributed by atoms with Crippen molar-refractivity contribution in [2.24, 2.45) is 0 Å². The van der Waals surface area contributed by atoms with Crippen molar-refractivity contribution < 1.29 is 9.53 Å². The summed E-state index contributed by atoms with van der Waals surface area (Å²) in [5.74, 6) is 1.31. The van der Waals surface area contributed by atoms with Crippen molar-refractivity contribution in [2.45, 2.75) is 6.54 Å². The van der Waals surface area contributed by atoms with Crippen LogP contribution in [0.2, 0.25) is 0 Å². The Labute approximate surface area is 96.5 Å². The van der Waals surface area contributed by atoms with Crippen molar-refractivity contribution in [2.75, 3.05) is 7.11 Å². The lowest BCUT2D eigenvalue weighted by Crippen LogP contribution is -2.22. The molecule has 0 unspecified atom stereocenters. The van der Waals surface area contributed by atoms with E-state index in [-0.39, 0.29) is 5.91 Å². The van der Waals surface area contributed by atoms with Crippen molar-refractivity contribution >= 4 is 17.2 Å². The van der Waals surface area contributed by atoms with Crippen LogP contribution >= 0.6 is 11.3 Å². The second-order valence-corrected chi connectivity index (χ2v) is 3.98. The number of hydrogen-bond donors (Lipinski definition) is 2. The third kappa shape index (κ3) is 2.40. The number of amides is 1. The van der Waals surface area contributed by atoms with Gasteiger partial charge >= 0.3 is 0 Å². The second-order valence-electron chi connectivity index (χ2n) is 3.07. The van der Waals surface area contributed by atoms with Crippen LogP contribution in [-0.4, -0.2) is 23.0 Å². The minimum atomic E-state index is -0.121. The van der Waals surface area contributed by atoms with Crippen LogP contribution in [0, 0.1) is 0 Å². The first-order valence-electron chi connectivity index (χ1n) is 4.68. The van der Waals surface area contributed by atoms with Gasteiger partial charge in [-0.1, -0.05) is 0 Å². The highest BCUT2D eigenvalue weighted by Crippen LogP contribution is 2.20. The SMILES string of the molecule is COc1csc(C(=O)NCc2ncc[nH]2)c1. The fraction of sp³-hybridized carbons (Fsp3) is 0.200. The van der Waals surface area contributed by atoms with Gasteiger partial charge in [-0.25, -0.2) is 4.98 Å². The highest BCUT2D eigenvalue weighted by atomic mass is 32.1. The largest absolute Gasteiger partial charge is 0.496 e. The average molecular weight is 237 g/mol. The number of aromatic nitrogens is 2. The van der Waals surface area contributed by atoms with Gasteiger partial charge in [0.1, 0.15) is 11.6 Å². The molecule has 2 heterocycles. The first-order valence-corrected chi connectivity index (χ1v) is 5.56. The molecule has 0 aliphatic carbocycles. The molecule has 0 spiro atoms. The molecule has 0 aliphatic rings. The number of rotatable bonds is 4. The number of methoxy groups -OCH3 is 1. The molecule has 0 bridgehead atoms. The van der Waals surface area contributed by atoms with E-state index in [1.54, 1.807) is 30.9 Å². The van der Waals surface area contributed by atoms with Crippen molar-refractivity contribution in [3.63, 3.8) is 0 Å². The molecule has 0 aliphatic heterocycles. The summed E-state index contributed by atoms with van der Waals surface area (Å²) in [6.07, 6.45) is 3.37. The predicted octanol–water partition coefficient (Wildman–Crippen LogP) is 1.41. The number of carbonyl (C=O) groups is 1. The minimum Gasteiger partial charge on any atom is -0.496 e. The maximum Gasteiger partial charge on any atom is 0.261 e. The van der Waals surface area contributed by atoms with Gasteiger partial charge in [-0.3, -0.25) is 4.79 Å². The molecule has 0 saturated carbocycles. The summed E-state index contributed by atoms with van der Waals surface area (Å²) < 4.78 is 5.01. The summed E-state index contributed by atoms with van der Waals surface area (Å²) in [5, 5.41) is 4.55. The number of H-pyrrole nitrogens is 1. The number of nitrogens with zero attached hydrogens (tertiary/aromatic N) is 1. The van der Waals surface area contributed by atoms with Gasteiger partial charge in [-0.05, 0) is 0 Å². The van der Waals surface area contributed by atoms with Crippen LogP contribution in [0.25, 0.3) is 0 Å². The number of nitrogens with one attached hydrogen (secondary N) is 2. The summed E-state index contributed by atoms with van der Waals surface area (Å²) >= 11 is 1.35. The van der Waals surface area contributed by atoms with Crippen molar-refractivity contribution in [3.05, 3.63) is 34.5 Å². The molecule has 16 heavy (non-hydrogen) atoms. The van der Waals surface area contributed by atoms with Crippen LogP contribution < -0.4 is 10.1 Å². The van der Waals surface area contributed by atoms with Crippen LogP contribution in [0.4, 0.5) is 0 Å². The van der Waals surface area contributed by atoms with Crippen LogP contribution in [-0.2, 0) is 6.54 Å². The topological polar surface area (TPSA) is 67.0 Å². The third-order valence-electron chi connectivity index (χ3n) is 2.01. The van der Waals surface area contributed by atoms with Crippen molar-refractivity contribution in [1.29, 1.82) is 0 Å². The van der Waals surface area contributed by atoms with E-state index in [9.17, 15) is 4.79 Å². The molecule has 2 N–H and O–H groups in total. The van der Waals surface area contributed by atoms with Crippen LogP contribution in [0.5, 0.6) is 5.75 Å². The van der Waals surface area contributed by atoms with Crippen LogP contribution in [0.3, 0.4) is 0 Å². The van der Waals surface area contributed by atoms with Gasteiger partial charge < -0.3 is 15.0 Å². The van der Waals surface area contributed by atoms with Gasteiger partial charge in [0.2, 0.25) is 0 Å². The number of hydrogen-bond acceptors (Lipinski definition) is 4. The molecule has 2 rings (SSSR count). The molecular weight excluding hydrogens is 226 g/mol. The fourth-order valence-corrected chi connectivity index (χ4v) is 1.96. The molecule has 0 fully saturated rings. The van der Waals surface area contributed by atoms with E-state index in [0.29, 0.717) is 17.2 Å². The van der Waals surface area contributed by atoms with Crippen molar-refractivity contribution in [3.8, 4) is 5.75 Å². The maximum atomic E-state index is 11.7. The zero-order chi connectivity index (χ0) is 11.4. The molecule has 2 aromatic rings. The molecule has 6 heteroatoms. The van der Waals surface area contributed by atoms with Gasteiger partial charge in [0.25, 0.3) is 5.91 Å². The lowest BCUT2D eigenvalue weighted by atomic mass is 10.4. The average Bonchev–Trinajstić information content (AvgIpc) is 2.96. The monoisotopic (exact) mass is 237 g/mol. The third-order valence-corrected chi connectivity index (χ3v) is 2.91. The number of thiophene rings is 1. The fourth-order valence-electron chi connectivity index (χ4n) is 1.19. The first-order chi connectivity index (χ1) is 7.79. The van der Waals surface area contributed by atoms with Crippen molar-refractivity contribution in [1.82, 2.24) is 15.3 Å². The Hall–Kier alpha value is -1.82. The highest BCUT2D eigenvalue weighted by Gasteiger charge is 2.09. The number of imidazole rings is 1. The molecule has 84 valence electrons. The Morgan fingerprint density at radius 1 is 1.69 bits per heavy atom. The standard InChI is InChI=1S/C10H11N3O2S/c1-15-7-4-8(16-6-7)10(14)13-5-9-11-2-3-12-9/h2-4,6H,5H2,1H3,(H,11,12)(H,13,14). The summed E-state index contributed by atoms with van der Waals surface area (Å²) in [4.78, 5) is 19.2. The molecule has 1 amide bonds. The van der Waals surface area contributed by atoms with Crippen LogP contribution in [0.1, 0.15) is 15.5 Å². The summed E-state index contributed by atoms with van der Waals surface area (Å²) in [5.41, 5.74) is 0. The molecule has 2 aromatic heterocycles. The second kappa shape index (κ2) is 4.80. The minimum absolute atomic E-state index is 0.121. The van der Waals surface area contributed by atoms with E-state index >= 15 is 0 Å². The van der Waals surface area contributed by atoms with E-state index in [1.807, 2.05) is 0 Å². The van der Waals surface area contributed by atoms with Gasteiger partial charge in [0, 0.05) is 23.8 Å². The zero-order valence-electron chi connectivity index (χ0n) is 8.69. The Morgan fingerprint density at radius 3 is 3.19 bits per heavy atom. The van der Waals surface area contributed by atoms with E-state index in [2.05, 4.69) is 15.3 Å². The Balaban J connectivity index is 1.93. The van der Waals surface area contributed by atoms with Crippen LogP contribution in [0.15, 0.2) is 23.8 Å². The lowest BCUT2D eigenvalue weighted by molar-refractivity contribution is 0.0954. The van der Waals surface area contributed by atoms with Gasteiger partial charge in [0.05, 0.1) is 18.5 Å². The van der Waals surface area contributed by atoms with Gasteiger partial charge in [0.15, 0.2) is 0 Å². The zero-order valence-corrected chi connectivity index (χ0v) is 9.50. The molecule has 0 saturated heterocycles. The number of aromatic amines is 1. The molecular formula is C10H11N3O2S. The van der Waals surface area contributed by atoms with E-state index in [4.69, 9.17) is 4.74 Å². The molecule has 5 nitrogen and oxygen atoms in total. The molecule has 0 aromatic carbocycles. The van der Waals surface area contributed by atoms with E-state index < -0.39 is 0 Å². The summed E-state index contributed by atoms with van der Waals surface area (Å²) in [6.45, 7) is 0.395.